The minimum absolute atomic E-state index is 0.00805. The quantitative estimate of drug-likeness (QED) is 0.292. The van der Waals surface area contributed by atoms with Gasteiger partial charge in [0.2, 0.25) is 5.91 Å². The Morgan fingerprint density at radius 3 is 2.40 bits per heavy atom. The number of aromatic nitrogens is 2. The summed E-state index contributed by atoms with van der Waals surface area (Å²) in [7, 11) is 4.02. The van der Waals surface area contributed by atoms with Gasteiger partial charge in [0.25, 0.3) is 5.91 Å². The topological polar surface area (TPSA) is 114 Å². The first-order chi connectivity index (χ1) is 21.6. The number of rotatable bonds is 9. The van der Waals surface area contributed by atoms with Crippen LogP contribution >= 0.6 is 0 Å². The first kappa shape index (κ1) is 32.0. The molecule has 10 nitrogen and oxygen atoms in total. The van der Waals surface area contributed by atoms with Crippen LogP contribution in [0, 0.1) is 5.92 Å². The number of aromatic amines is 1. The van der Waals surface area contributed by atoms with Crippen LogP contribution in [0.15, 0.2) is 66.7 Å². The van der Waals surface area contributed by atoms with Gasteiger partial charge in [-0.1, -0.05) is 36.4 Å². The average molecular weight is 612 g/mol. The molecule has 1 saturated heterocycles. The van der Waals surface area contributed by atoms with Crippen molar-refractivity contribution >= 4 is 23.5 Å². The molecule has 0 saturated carbocycles. The van der Waals surface area contributed by atoms with Crippen LogP contribution in [-0.2, 0) is 23.3 Å². The Labute approximate surface area is 265 Å². The highest BCUT2D eigenvalue weighted by molar-refractivity contribution is 6.00. The van der Waals surface area contributed by atoms with Crippen molar-refractivity contribution in [2.45, 2.75) is 58.2 Å². The smallest absolute Gasteiger partial charge is 0.319 e. The molecule has 0 aliphatic carbocycles. The Kier molecular flexibility index (Phi) is 9.72. The fraction of sp³-hybridized carbons (Fsp3) is 0.429. The summed E-state index contributed by atoms with van der Waals surface area (Å²) in [6.45, 7) is 8.47. The number of H-pyrrole nitrogens is 1. The van der Waals surface area contributed by atoms with E-state index < -0.39 is 5.54 Å². The molecule has 238 valence electrons. The van der Waals surface area contributed by atoms with Gasteiger partial charge in [0.15, 0.2) is 0 Å². The number of nitrogens with one attached hydrogen (secondary N) is 3. The Morgan fingerprint density at radius 2 is 1.76 bits per heavy atom. The van der Waals surface area contributed by atoms with E-state index in [4.69, 9.17) is 5.10 Å². The van der Waals surface area contributed by atoms with Crippen LogP contribution in [-0.4, -0.2) is 76.5 Å². The van der Waals surface area contributed by atoms with Gasteiger partial charge in [-0.15, -0.1) is 0 Å². The molecule has 3 aromatic rings. The molecule has 3 heterocycles. The lowest BCUT2D eigenvalue weighted by Gasteiger charge is -2.34. The summed E-state index contributed by atoms with van der Waals surface area (Å²) in [5, 5.41) is 14.1. The van der Waals surface area contributed by atoms with Gasteiger partial charge >= 0.3 is 6.03 Å². The van der Waals surface area contributed by atoms with Crippen LogP contribution in [0.2, 0.25) is 0 Å². The second kappa shape index (κ2) is 13.7. The van der Waals surface area contributed by atoms with Crippen molar-refractivity contribution in [2.24, 2.45) is 5.92 Å². The number of carbonyl (C=O) groups excluding carboxylic acids is 3. The minimum atomic E-state index is -0.547. The van der Waals surface area contributed by atoms with Gasteiger partial charge < -0.3 is 25.3 Å². The third-order valence-corrected chi connectivity index (χ3v) is 8.93. The molecule has 2 aromatic carbocycles. The summed E-state index contributed by atoms with van der Waals surface area (Å²) >= 11 is 0. The summed E-state index contributed by atoms with van der Waals surface area (Å²) in [6.07, 6.45) is 5.77. The summed E-state index contributed by atoms with van der Waals surface area (Å²) in [6, 6.07) is 16.9. The number of carbonyl (C=O) groups is 3. The SMILES string of the molecule is C/C=C/C(=O)Nc1ccc(C(=O)N2CCC(Cc3[nH]nc4c3CN(C(=O)N[C@H](CN(C)C)c3ccccc3)C4(C)C)CC2)cc1. The van der Waals surface area contributed by atoms with Crippen LogP contribution in [0.1, 0.15) is 72.5 Å². The van der Waals surface area contributed by atoms with E-state index in [1.54, 1.807) is 37.3 Å². The molecule has 2 aliphatic heterocycles. The van der Waals surface area contributed by atoms with Crippen molar-refractivity contribution in [3.8, 4) is 0 Å². The summed E-state index contributed by atoms with van der Waals surface area (Å²) in [5.41, 5.74) is 4.92. The number of amides is 4. The van der Waals surface area contributed by atoms with Crippen LogP contribution in [0.25, 0.3) is 0 Å². The Bertz CT molecular complexity index is 1520. The number of likely N-dealkylation sites (tertiary alicyclic amines) is 1. The third-order valence-electron chi connectivity index (χ3n) is 8.93. The van der Waals surface area contributed by atoms with Crippen molar-refractivity contribution in [3.05, 3.63) is 94.8 Å². The zero-order valence-electron chi connectivity index (χ0n) is 27.0. The maximum absolute atomic E-state index is 13.7. The second-order valence-corrected chi connectivity index (χ2v) is 12.9. The largest absolute Gasteiger partial charge is 0.339 e. The zero-order valence-corrected chi connectivity index (χ0v) is 27.0. The van der Waals surface area contributed by atoms with Gasteiger partial charge in [0, 0.05) is 42.1 Å². The standard InChI is InChI=1S/C35H45N7O3/c1-6-10-31(43)36-27-15-13-26(14-16-27)33(44)41-19-17-24(18-20-41)21-29-28-22-42(35(2,3)32(28)39-38-29)34(45)37-30(23-40(4)5)25-11-8-7-9-12-25/h6-16,24,30H,17-23H2,1-5H3,(H,36,43)(H,37,45)(H,38,39)/b10-6+/t30-/m1/s1. The number of fused-ring (bicyclic) bond motifs is 1. The second-order valence-electron chi connectivity index (χ2n) is 12.9. The molecule has 1 fully saturated rings. The number of nitrogens with zero attached hydrogens (tertiary/aromatic N) is 4. The molecule has 0 spiro atoms. The summed E-state index contributed by atoms with van der Waals surface area (Å²) < 4.78 is 0. The van der Waals surface area contributed by atoms with E-state index in [2.05, 4.69) is 46.6 Å². The molecule has 0 radical (unpaired) electrons. The number of urea groups is 1. The summed E-state index contributed by atoms with van der Waals surface area (Å²) in [5.74, 6) is 0.225. The highest BCUT2D eigenvalue weighted by Gasteiger charge is 2.44. The number of piperidine rings is 1. The lowest BCUT2D eigenvalue weighted by molar-refractivity contribution is -0.111. The van der Waals surface area contributed by atoms with Crippen molar-refractivity contribution < 1.29 is 14.4 Å². The predicted octanol–water partition coefficient (Wildman–Crippen LogP) is 5.08. The van der Waals surface area contributed by atoms with Gasteiger partial charge in [-0.05, 0) is 96.0 Å². The van der Waals surface area contributed by atoms with Gasteiger partial charge in [-0.3, -0.25) is 14.7 Å². The molecule has 0 unspecified atom stereocenters. The van der Waals surface area contributed by atoms with Crippen molar-refractivity contribution in [1.29, 1.82) is 0 Å². The maximum Gasteiger partial charge on any atom is 0.319 e. The average Bonchev–Trinajstić information content (AvgIpc) is 3.54. The molecule has 3 N–H and O–H groups in total. The Morgan fingerprint density at radius 1 is 1.07 bits per heavy atom. The number of likely N-dealkylation sites (N-methyl/N-ethyl adjacent to an activating group) is 1. The molecule has 45 heavy (non-hydrogen) atoms. The first-order valence-corrected chi connectivity index (χ1v) is 15.7. The van der Waals surface area contributed by atoms with E-state index in [1.165, 1.54) is 6.08 Å². The fourth-order valence-corrected chi connectivity index (χ4v) is 6.41. The number of hydrogen-bond donors (Lipinski definition) is 3. The molecule has 4 amide bonds. The van der Waals surface area contributed by atoms with Crippen LogP contribution < -0.4 is 10.6 Å². The number of hydrogen-bond acceptors (Lipinski definition) is 5. The van der Waals surface area contributed by atoms with Crippen LogP contribution in [0.4, 0.5) is 10.5 Å². The van der Waals surface area contributed by atoms with E-state index >= 15 is 0 Å². The van der Waals surface area contributed by atoms with E-state index in [-0.39, 0.29) is 23.9 Å². The van der Waals surface area contributed by atoms with Crippen LogP contribution in [0.5, 0.6) is 0 Å². The third kappa shape index (κ3) is 7.28. The number of benzene rings is 2. The highest BCUT2D eigenvalue weighted by atomic mass is 16.2. The molecule has 10 heteroatoms. The fourth-order valence-electron chi connectivity index (χ4n) is 6.41. The monoisotopic (exact) mass is 611 g/mol. The van der Waals surface area contributed by atoms with E-state index in [0.29, 0.717) is 43.3 Å². The van der Waals surface area contributed by atoms with Gasteiger partial charge in [-0.25, -0.2) is 4.79 Å². The van der Waals surface area contributed by atoms with E-state index in [9.17, 15) is 14.4 Å². The number of anilines is 1. The zero-order chi connectivity index (χ0) is 32.1. The highest BCUT2D eigenvalue weighted by Crippen LogP contribution is 2.40. The lowest BCUT2D eigenvalue weighted by atomic mass is 9.90. The van der Waals surface area contributed by atoms with Crippen LogP contribution in [0.3, 0.4) is 0 Å². The maximum atomic E-state index is 13.7. The summed E-state index contributed by atoms with van der Waals surface area (Å²) in [4.78, 5) is 44.5. The Hall–Kier alpha value is -4.44. The molecule has 1 aromatic heterocycles. The molecule has 0 bridgehead atoms. The van der Waals surface area contributed by atoms with Gasteiger partial charge in [0.05, 0.1) is 23.8 Å². The lowest BCUT2D eigenvalue weighted by Crippen LogP contribution is -2.48. The van der Waals surface area contributed by atoms with E-state index in [0.717, 1.165) is 41.8 Å². The minimum Gasteiger partial charge on any atom is -0.339 e. The van der Waals surface area contributed by atoms with Crippen molar-refractivity contribution in [2.75, 3.05) is 39.0 Å². The number of allylic oxidation sites excluding steroid dienone is 1. The molecular weight excluding hydrogens is 566 g/mol. The van der Waals surface area contributed by atoms with Crippen molar-refractivity contribution in [1.82, 2.24) is 30.2 Å². The van der Waals surface area contributed by atoms with Gasteiger partial charge in [0.1, 0.15) is 0 Å². The molecule has 1 atom stereocenters. The molecular formula is C35H45N7O3. The predicted molar refractivity (Wildman–Crippen MR) is 176 cm³/mol. The molecule has 2 aliphatic rings. The Balaban J connectivity index is 1.18. The normalized spacial score (nSPS) is 17.0. The van der Waals surface area contributed by atoms with Gasteiger partial charge in [-0.2, -0.15) is 5.10 Å². The van der Waals surface area contributed by atoms with Crippen molar-refractivity contribution in [3.63, 3.8) is 0 Å². The first-order valence-electron chi connectivity index (χ1n) is 15.7. The van der Waals surface area contributed by atoms with E-state index in [1.807, 2.05) is 42.1 Å². The molecule has 5 rings (SSSR count).